The highest BCUT2D eigenvalue weighted by Crippen LogP contribution is 2.46. The van der Waals surface area contributed by atoms with Gasteiger partial charge in [-0.2, -0.15) is 0 Å². The molecule has 24 heavy (non-hydrogen) atoms. The van der Waals surface area contributed by atoms with E-state index >= 15 is 0 Å². The standard InChI is InChI=1S/C18H22BFO4/c1-17(2)18(3,4)24-19(23-17)15(20)14-9-13(10-14)11-6-5-7-12(8-11)16(21)22/h5-8,13H,9-10H2,1-4H3,(H,21,22). The summed E-state index contributed by atoms with van der Waals surface area (Å²) in [5.74, 6) is -0.803. The number of rotatable bonds is 3. The van der Waals surface area contributed by atoms with Gasteiger partial charge >= 0.3 is 13.1 Å². The third-order valence-electron chi connectivity index (χ3n) is 5.39. The van der Waals surface area contributed by atoms with Crippen molar-refractivity contribution >= 4 is 13.1 Å². The molecule has 1 N–H and O–H groups in total. The minimum Gasteiger partial charge on any atom is -0.478 e. The van der Waals surface area contributed by atoms with Crippen LogP contribution in [-0.2, 0) is 9.31 Å². The Balaban J connectivity index is 1.71. The summed E-state index contributed by atoms with van der Waals surface area (Å²) in [7, 11) is -0.948. The van der Waals surface area contributed by atoms with Crippen molar-refractivity contribution in [2.45, 2.75) is 57.7 Å². The van der Waals surface area contributed by atoms with Gasteiger partial charge in [-0.15, -0.1) is 0 Å². The first-order valence-electron chi connectivity index (χ1n) is 8.17. The Kier molecular flexibility index (Phi) is 4.08. The molecule has 0 spiro atoms. The van der Waals surface area contributed by atoms with E-state index in [-0.39, 0.29) is 17.2 Å². The maximum Gasteiger partial charge on any atom is 0.525 e. The third-order valence-corrected chi connectivity index (χ3v) is 5.39. The first-order chi connectivity index (χ1) is 11.1. The lowest BCUT2D eigenvalue weighted by atomic mass is 9.70. The fourth-order valence-corrected chi connectivity index (χ4v) is 3.00. The molecule has 6 heteroatoms. The molecule has 2 fully saturated rings. The average molecular weight is 332 g/mol. The highest BCUT2D eigenvalue weighted by Gasteiger charge is 2.54. The zero-order chi connectivity index (χ0) is 17.7. The molecule has 1 aliphatic carbocycles. The largest absolute Gasteiger partial charge is 0.525 e. The van der Waals surface area contributed by atoms with E-state index in [9.17, 15) is 9.18 Å². The molecule has 1 saturated carbocycles. The normalized spacial score (nSPS) is 24.6. The van der Waals surface area contributed by atoms with Crippen molar-refractivity contribution in [2.75, 3.05) is 0 Å². The Morgan fingerprint density at radius 3 is 2.33 bits per heavy atom. The summed E-state index contributed by atoms with van der Waals surface area (Å²) in [6.07, 6.45) is 1.14. The van der Waals surface area contributed by atoms with Crippen LogP contribution in [0.4, 0.5) is 4.39 Å². The molecule has 3 rings (SSSR count). The number of halogens is 1. The lowest BCUT2D eigenvalue weighted by Crippen LogP contribution is -2.41. The number of carboxylic acid groups (broad SMARTS) is 1. The van der Waals surface area contributed by atoms with E-state index in [0.29, 0.717) is 18.4 Å². The van der Waals surface area contributed by atoms with E-state index in [0.717, 1.165) is 5.56 Å². The van der Waals surface area contributed by atoms with E-state index in [1.807, 2.05) is 33.8 Å². The lowest BCUT2D eigenvalue weighted by molar-refractivity contribution is 0.00578. The second kappa shape index (κ2) is 5.71. The van der Waals surface area contributed by atoms with Gasteiger partial charge in [0.25, 0.3) is 0 Å². The van der Waals surface area contributed by atoms with E-state index in [2.05, 4.69) is 0 Å². The van der Waals surface area contributed by atoms with Gasteiger partial charge in [0.05, 0.1) is 16.8 Å². The maximum absolute atomic E-state index is 14.7. The molecule has 1 aromatic rings. The summed E-state index contributed by atoms with van der Waals surface area (Å²) >= 11 is 0. The second-order valence-corrected chi connectivity index (χ2v) is 7.58. The fourth-order valence-electron chi connectivity index (χ4n) is 3.00. The average Bonchev–Trinajstić information content (AvgIpc) is 2.66. The predicted molar refractivity (Wildman–Crippen MR) is 89.6 cm³/mol. The van der Waals surface area contributed by atoms with Gasteiger partial charge in [-0.25, -0.2) is 9.18 Å². The minimum absolute atomic E-state index is 0.146. The van der Waals surface area contributed by atoms with E-state index in [1.165, 1.54) is 0 Å². The second-order valence-electron chi connectivity index (χ2n) is 7.58. The maximum atomic E-state index is 14.7. The van der Waals surface area contributed by atoms with Gasteiger partial charge < -0.3 is 14.4 Å². The molecule has 0 bridgehead atoms. The highest BCUT2D eigenvalue weighted by molar-refractivity contribution is 6.53. The highest BCUT2D eigenvalue weighted by atomic mass is 19.1. The van der Waals surface area contributed by atoms with E-state index in [1.54, 1.807) is 18.2 Å². The van der Waals surface area contributed by atoms with Gasteiger partial charge in [0.2, 0.25) is 0 Å². The number of benzene rings is 1. The monoisotopic (exact) mass is 332 g/mol. The summed E-state index contributed by atoms with van der Waals surface area (Å²) in [4.78, 5) is 11.0. The Morgan fingerprint density at radius 1 is 1.21 bits per heavy atom. The van der Waals surface area contributed by atoms with Crippen LogP contribution in [0.5, 0.6) is 0 Å². The van der Waals surface area contributed by atoms with Crippen molar-refractivity contribution in [3.05, 3.63) is 46.7 Å². The van der Waals surface area contributed by atoms with Crippen LogP contribution in [-0.4, -0.2) is 29.4 Å². The molecule has 0 amide bonds. The van der Waals surface area contributed by atoms with Crippen LogP contribution >= 0.6 is 0 Å². The summed E-state index contributed by atoms with van der Waals surface area (Å²) in [5, 5.41) is 9.06. The predicted octanol–water partition coefficient (Wildman–Crippen LogP) is 4.12. The number of carboxylic acids is 1. The number of aromatic carboxylic acids is 1. The fraction of sp³-hybridized carbons (Fsp3) is 0.500. The minimum atomic E-state index is -0.949. The van der Waals surface area contributed by atoms with Crippen molar-refractivity contribution < 1.29 is 23.6 Å². The van der Waals surface area contributed by atoms with Gasteiger partial charge in [-0.05, 0) is 69.7 Å². The molecule has 1 aliphatic heterocycles. The van der Waals surface area contributed by atoms with Crippen LogP contribution in [0, 0.1) is 0 Å². The van der Waals surface area contributed by atoms with Crippen LogP contribution in [0.15, 0.2) is 35.6 Å². The zero-order valence-corrected chi connectivity index (χ0v) is 14.4. The summed E-state index contributed by atoms with van der Waals surface area (Å²) in [5.41, 5.74) is 0.429. The van der Waals surface area contributed by atoms with Crippen LogP contribution in [0.1, 0.15) is 62.4 Å². The quantitative estimate of drug-likeness (QED) is 0.846. The number of carbonyl (C=O) groups is 1. The van der Waals surface area contributed by atoms with Crippen molar-refractivity contribution in [3.63, 3.8) is 0 Å². The van der Waals surface area contributed by atoms with Gasteiger partial charge in [0.15, 0.2) is 0 Å². The molecule has 1 saturated heterocycles. The SMILES string of the molecule is CC1(C)OB(C(F)=C2CC(c3cccc(C(=O)O)c3)C2)OC1(C)C. The van der Waals surface area contributed by atoms with Gasteiger partial charge in [-0.3, -0.25) is 0 Å². The Bertz CT molecular complexity index is 687. The summed E-state index contributed by atoms with van der Waals surface area (Å²) in [6.45, 7) is 7.58. The Labute approximate surface area is 141 Å². The summed E-state index contributed by atoms with van der Waals surface area (Å²) < 4.78 is 26.2. The molecule has 1 aromatic carbocycles. The molecule has 4 nitrogen and oxygen atoms in total. The van der Waals surface area contributed by atoms with Crippen LogP contribution in [0.2, 0.25) is 0 Å². The third kappa shape index (κ3) is 2.89. The Morgan fingerprint density at radius 2 is 1.79 bits per heavy atom. The van der Waals surface area contributed by atoms with Crippen molar-refractivity contribution in [3.8, 4) is 0 Å². The number of allylic oxidation sites excluding steroid dienone is 1. The van der Waals surface area contributed by atoms with Crippen LogP contribution < -0.4 is 0 Å². The van der Waals surface area contributed by atoms with Crippen LogP contribution in [0.25, 0.3) is 0 Å². The van der Waals surface area contributed by atoms with Gasteiger partial charge in [0.1, 0.15) is 5.73 Å². The van der Waals surface area contributed by atoms with Crippen molar-refractivity contribution in [1.29, 1.82) is 0 Å². The molecule has 2 aliphatic rings. The lowest BCUT2D eigenvalue weighted by Gasteiger charge is -2.32. The first-order valence-corrected chi connectivity index (χ1v) is 8.17. The van der Waals surface area contributed by atoms with Crippen molar-refractivity contribution in [1.82, 2.24) is 0 Å². The zero-order valence-electron chi connectivity index (χ0n) is 14.4. The van der Waals surface area contributed by atoms with Crippen molar-refractivity contribution in [2.24, 2.45) is 0 Å². The Hall–Kier alpha value is -1.66. The molecule has 0 atom stereocenters. The summed E-state index contributed by atoms with van der Waals surface area (Å²) in [6, 6.07) is 6.84. The van der Waals surface area contributed by atoms with Gasteiger partial charge in [0, 0.05) is 0 Å². The number of hydrogen-bond acceptors (Lipinski definition) is 3. The molecular weight excluding hydrogens is 310 g/mol. The molecule has 0 radical (unpaired) electrons. The molecule has 0 unspecified atom stereocenters. The topological polar surface area (TPSA) is 55.8 Å². The molecule has 0 aromatic heterocycles. The molecular formula is C18H22BFO4. The molecule has 1 heterocycles. The van der Waals surface area contributed by atoms with Crippen LogP contribution in [0.3, 0.4) is 0 Å². The van der Waals surface area contributed by atoms with E-state index < -0.39 is 24.3 Å². The first kappa shape index (κ1) is 17.2. The number of hydrogen-bond donors (Lipinski definition) is 1. The smallest absolute Gasteiger partial charge is 0.478 e. The van der Waals surface area contributed by atoms with E-state index in [4.69, 9.17) is 14.4 Å². The van der Waals surface area contributed by atoms with Gasteiger partial charge in [-0.1, -0.05) is 12.1 Å². The molecule has 128 valence electrons.